The van der Waals surface area contributed by atoms with Crippen molar-refractivity contribution in [1.29, 1.82) is 0 Å². The van der Waals surface area contributed by atoms with Gasteiger partial charge in [0.25, 0.3) is 0 Å². The number of carbonyl (C=O) groups excluding carboxylic acids is 1. The zero-order valence-corrected chi connectivity index (χ0v) is 11.3. The molecule has 0 spiro atoms. The molecule has 8 heteroatoms. The summed E-state index contributed by atoms with van der Waals surface area (Å²) >= 11 is 0. The van der Waals surface area contributed by atoms with Crippen molar-refractivity contribution in [3.05, 3.63) is 47.5 Å². The van der Waals surface area contributed by atoms with E-state index >= 15 is 0 Å². The highest BCUT2D eigenvalue weighted by Gasteiger charge is 2.13. The number of carboxylic acid groups (broad SMARTS) is 1. The molecule has 0 saturated heterocycles. The number of aromatic nitrogens is 1. The van der Waals surface area contributed by atoms with Crippen LogP contribution in [0.1, 0.15) is 11.1 Å². The Kier molecular flexibility index (Phi) is 4.52. The van der Waals surface area contributed by atoms with Crippen molar-refractivity contribution in [2.45, 2.75) is 13.0 Å². The second kappa shape index (κ2) is 6.53. The molecule has 0 aliphatic carbocycles. The molecule has 8 nitrogen and oxygen atoms in total. The number of benzene rings is 1. The molecular formula is C14H13NO7. The van der Waals surface area contributed by atoms with Gasteiger partial charge in [-0.1, -0.05) is 24.3 Å². The van der Waals surface area contributed by atoms with Gasteiger partial charge in [0.1, 0.15) is 6.61 Å². The number of hydrogen-bond acceptors (Lipinski definition) is 6. The average molecular weight is 307 g/mol. The number of aromatic hydroxyl groups is 2. The van der Waals surface area contributed by atoms with E-state index in [9.17, 15) is 19.8 Å². The van der Waals surface area contributed by atoms with Crippen molar-refractivity contribution in [1.82, 2.24) is 4.73 Å². The fraction of sp³-hybridized carbons (Fsp3) is 0.143. The van der Waals surface area contributed by atoms with E-state index in [0.29, 0.717) is 15.9 Å². The van der Waals surface area contributed by atoms with Gasteiger partial charge in [0.2, 0.25) is 11.8 Å². The van der Waals surface area contributed by atoms with Crippen LogP contribution in [0.2, 0.25) is 0 Å². The van der Waals surface area contributed by atoms with Crippen molar-refractivity contribution in [2.24, 2.45) is 0 Å². The predicted molar refractivity (Wildman–Crippen MR) is 72.3 cm³/mol. The van der Waals surface area contributed by atoms with Crippen LogP contribution in [0.5, 0.6) is 11.8 Å². The van der Waals surface area contributed by atoms with Gasteiger partial charge in [0, 0.05) is 12.1 Å². The molecule has 0 saturated carbocycles. The number of hydrogen-bond donors (Lipinski definition) is 3. The van der Waals surface area contributed by atoms with Crippen molar-refractivity contribution < 1.29 is 34.5 Å². The van der Waals surface area contributed by atoms with Gasteiger partial charge in [-0.25, -0.2) is 4.79 Å². The Labute approximate surface area is 124 Å². The highest BCUT2D eigenvalue weighted by Crippen LogP contribution is 2.18. The first-order valence-electron chi connectivity index (χ1n) is 6.20. The Bertz CT molecular complexity index is 655. The quantitative estimate of drug-likeness (QED) is 0.712. The molecule has 0 aliphatic heterocycles. The molecule has 0 fully saturated rings. The van der Waals surface area contributed by atoms with E-state index in [0.717, 1.165) is 12.1 Å². The Morgan fingerprint density at radius 1 is 0.955 bits per heavy atom. The van der Waals surface area contributed by atoms with Gasteiger partial charge in [-0.2, -0.15) is 0 Å². The maximum Gasteiger partial charge on any atom is 0.534 e. The molecule has 1 heterocycles. The Balaban J connectivity index is 1.87. The maximum absolute atomic E-state index is 11.4. The summed E-state index contributed by atoms with van der Waals surface area (Å²) in [4.78, 5) is 26.6. The summed E-state index contributed by atoms with van der Waals surface area (Å²) in [6.45, 7) is -0.102. The average Bonchev–Trinajstić information content (AvgIpc) is 2.78. The monoisotopic (exact) mass is 307 g/mol. The summed E-state index contributed by atoms with van der Waals surface area (Å²) in [6.07, 6.45) is -1.20. The first kappa shape index (κ1) is 15.2. The smallest absolute Gasteiger partial charge is 0.492 e. The van der Waals surface area contributed by atoms with E-state index < -0.39 is 23.9 Å². The zero-order valence-electron chi connectivity index (χ0n) is 11.3. The van der Waals surface area contributed by atoms with Crippen LogP contribution in [0, 0.1) is 0 Å². The minimum absolute atomic E-state index is 0.0879. The maximum atomic E-state index is 11.4. The summed E-state index contributed by atoms with van der Waals surface area (Å²) in [5.74, 6) is -1.83. The summed E-state index contributed by atoms with van der Waals surface area (Å²) < 4.78 is 5.32. The molecular weight excluding hydrogens is 294 g/mol. The molecule has 0 aliphatic rings. The third-order valence-corrected chi connectivity index (χ3v) is 2.70. The SMILES string of the molecule is O=C(O)Cc1ccc(COC(=O)On2c(O)ccc2O)cc1. The van der Waals surface area contributed by atoms with Crippen LogP contribution >= 0.6 is 0 Å². The summed E-state index contributed by atoms with van der Waals surface area (Å²) in [7, 11) is 0. The van der Waals surface area contributed by atoms with Crippen LogP contribution in [0.25, 0.3) is 0 Å². The van der Waals surface area contributed by atoms with Gasteiger partial charge >= 0.3 is 12.1 Å². The topological polar surface area (TPSA) is 118 Å². The van der Waals surface area contributed by atoms with Gasteiger partial charge in [-0.05, 0) is 11.1 Å². The van der Waals surface area contributed by atoms with Gasteiger partial charge in [0.05, 0.1) is 6.42 Å². The lowest BCUT2D eigenvalue weighted by Gasteiger charge is -2.08. The summed E-state index contributed by atoms with van der Waals surface area (Å²) in [5, 5.41) is 27.2. The van der Waals surface area contributed by atoms with Crippen LogP contribution in [-0.2, 0) is 22.6 Å². The fourth-order valence-corrected chi connectivity index (χ4v) is 1.67. The number of nitrogens with zero attached hydrogens (tertiary/aromatic N) is 1. The number of ether oxygens (including phenoxy) is 1. The van der Waals surface area contributed by atoms with E-state index in [-0.39, 0.29) is 13.0 Å². The highest BCUT2D eigenvalue weighted by atomic mass is 16.8. The minimum atomic E-state index is -1.11. The summed E-state index contributed by atoms with van der Waals surface area (Å²) in [6, 6.07) is 8.75. The van der Waals surface area contributed by atoms with Crippen molar-refractivity contribution in [3.63, 3.8) is 0 Å². The predicted octanol–water partition coefficient (Wildman–Crippen LogP) is 1.29. The molecule has 0 unspecified atom stereocenters. The lowest BCUT2D eigenvalue weighted by Crippen LogP contribution is -2.20. The molecule has 22 heavy (non-hydrogen) atoms. The molecule has 2 rings (SSSR count). The summed E-state index contributed by atoms with van der Waals surface area (Å²) in [5.41, 5.74) is 1.26. The number of rotatable bonds is 5. The van der Waals surface area contributed by atoms with Gasteiger partial charge in [0.15, 0.2) is 0 Å². The molecule has 0 bridgehead atoms. The molecule has 116 valence electrons. The standard InChI is InChI=1S/C14H13NO7/c16-11-5-6-12(17)15(11)22-14(20)21-8-10-3-1-9(2-4-10)7-13(18)19/h1-6,16-17H,7-8H2,(H,18,19). The Hall–Kier alpha value is -3.16. The van der Waals surface area contributed by atoms with Crippen molar-refractivity contribution in [3.8, 4) is 11.8 Å². The van der Waals surface area contributed by atoms with Crippen LogP contribution in [0.15, 0.2) is 36.4 Å². The molecule has 2 aromatic rings. The van der Waals surface area contributed by atoms with E-state index in [4.69, 9.17) is 9.84 Å². The third kappa shape index (κ3) is 3.92. The highest BCUT2D eigenvalue weighted by molar-refractivity contribution is 5.70. The molecule has 3 N–H and O–H groups in total. The number of carbonyl (C=O) groups is 2. The van der Waals surface area contributed by atoms with E-state index in [1.165, 1.54) is 0 Å². The fourth-order valence-electron chi connectivity index (χ4n) is 1.67. The van der Waals surface area contributed by atoms with E-state index in [2.05, 4.69) is 4.84 Å². The second-order valence-electron chi connectivity index (χ2n) is 4.36. The molecule has 1 aromatic carbocycles. The Morgan fingerprint density at radius 3 is 2.05 bits per heavy atom. The normalized spacial score (nSPS) is 10.2. The zero-order chi connectivity index (χ0) is 16.1. The van der Waals surface area contributed by atoms with Gasteiger partial charge in [-0.3, -0.25) is 9.63 Å². The largest absolute Gasteiger partial charge is 0.534 e. The first-order valence-corrected chi connectivity index (χ1v) is 6.20. The van der Waals surface area contributed by atoms with Crippen LogP contribution in [-0.4, -0.2) is 32.2 Å². The van der Waals surface area contributed by atoms with Crippen molar-refractivity contribution in [2.75, 3.05) is 0 Å². The lowest BCUT2D eigenvalue weighted by molar-refractivity contribution is -0.136. The molecule has 0 amide bonds. The lowest BCUT2D eigenvalue weighted by atomic mass is 10.1. The number of aliphatic carboxylic acids is 1. The van der Waals surface area contributed by atoms with Gasteiger partial charge in [-0.15, -0.1) is 4.73 Å². The molecule has 0 radical (unpaired) electrons. The first-order chi connectivity index (χ1) is 10.5. The molecule has 0 atom stereocenters. The Morgan fingerprint density at radius 2 is 1.50 bits per heavy atom. The van der Waals surface area contributed by atoms with Crippen LogP contribution in [0.3, 0.4) is 0 Å². The van der Waals surface area contributed by atoms with Crippen LogP contribution < -0.4 is 4.84 Å². The van der Waals surface area contributed by atoms with E-state index in [1.54, 1.807) is 24.3 Å². The second-order valence-corrected chi connectivity index (χ2v) is 4.36. The number of carboxylic acids is 1. The molecule has 1 aromatic heterocycles. The van der Waals surface area contributed by atoms with Crippen molar-refractivity contribution >= 4 is 12.1 Å². The van der Waals surface area contributed by atoms with Gasteiger partial charge < -0.3 is 20.1 Å². The minimum Gasteiger partial charge on any atom is -0.492 e. The van der Waals surface area contributed by atoms with E-state index in [1.807, 2.05) is 0 Å². The van der Waals surface area contributed by atoms with Crippen LogP contribution in [0.4, 0.5) is 4.79 Å². The third-order valence-electron chi connectivity index (χ3n) is 2.70.